The third kappa shape index (κ3) is 4.14. The molecule has 0 heterocycles. The molecular weight excluding hydrogens is 280 g/mol. The van der Waals surface area contributed by atoms with Crippen molar-refractivity contribution in [3.8, 4) is 18.1 Å². The van der Waals surface area contributed by atoms with Gasteiger partial charge in [-0.05, 0) is 48.2 Å². The molecule has 0 aliphatic heterocycles. The van der Waals surface area contributed by atoms with Crippen molar-refractivity contribution < 1.29 is 9.57 Å². The fraction of sp³-hybridized carbons (Fsp3) is 0.235. The quantitative estimate of drug-likeness (QED) is 0.769. The van der Waals surface area contributed by atoms with Crippen molar-refractivity contribution in [2.24, 2.45) is 0 Å². The summed E-state index contributed by atoms with van der Waals surface area (Å²) in [6, 6.07) is 13.7. The Morgan fingerprint density at radius 3 is 2.09 bits per heavy atom. The first-order valence-corrected chi connectivity index (χ1v) is 6.83. The van der Waals surface area contributed by atoms with Gasteiger partial charge in [-0.25, -0.2) is 0 Å². The Labute approximate surface area is 130 Å². The van der Waals surface area contributed by atoms with Crippen LogP contribution in [0.1, 0.15) is 19.4 Å². The minimum atomic E-state index is -0.822. The van der Waals surface area contributed by atoms with Gasteiger partial charge in [-0.1, -0.05) is 17.7 Å². The molecule has 0 aliphatic carbocycles. The van der Waals surface area contributed by atoms with E-state index in [4.69, 9.17) is 16.1 Å². The van der Waals surface area contributed by atoms with Crippen LogP contribution in [-0.4, -0.2) is 5.72 Å². The molecule has 5 heteroatoms. The van der Waals surface area contributed by atoms with Crippen LogP contribution in [0.4, 0.5) is 5.69 Å². The number of ether oxygens (including phenoxy) is 1. The molecule has 0 fully saturated rings. The van der Waals surface area contributed by atoms with Crippen LogP contribution in [0.25, 0.3) is 4.85 Å². The molecule has 0 radical (unpaired) electrons. The van der Waals surface area contributed by atoms with Crippen LogP contribution < -0.4 is 14.8 Å². The van der Waals surface area contributed by atoms with Gasteiger partial charge in [0.1, 0.15) is 5.75 Å². The first kappa shape index (κ1) is 15.7. The summed E-state index contributed by atoms with van der Waals surface area (Å²) in [7, 11) is 0. The molecular formula is C17H18N2O3. The van der Waals surface area contributed by atoms with E-state index in [0.29, 0.717) is 22.4 Å². The number of hydrogen-bond donors (Lipinski definition) is 0. The molecule has 0 saturated carbocycles. The van der Waals surface area contributed by atoms with E-state index >= 15 is 0 Å². The van der Waals surface area contributed by atoms with E-state index in [1.165, 1.54) is 0 Å². The predicted molar refractivity (Wildman–Crippen MR) is 87.1 cm³/mol. The smallest absolute Gasteiger partial charge is 0.416 e. The van der Waals surface area contributed by atoms with Crippen molar-refractivity contribution in [3.63, 3.8) is 0 Å². The van der Waals surface area contributed by atoms with E-state index in [9.17, 15) is 5.21 Å². The third-order valence-electron chi connectivity index (χ3n) is 2.94. The summed E-state index contributed by atoms with van der Waals surface area (Å²) in [5.74, 6) is 1.04. The van der Waals surface area contributed by atoms with Gasteiger partial charge in [0.05, 0.1) is 19.5 Å². The monoisotopic (exact) mass is 298 g/mol. The average Bonchev–Trinajstić information content (AvgIpc) is 2.50. The largest absolute Gasteiger partial charge is 0.724 e. The Balaban J connectivity index is 2.03. The molecule has 114 valence electrons. The van der Waals surface area contributed by atoms with Gasteiger partial charge in [-0.2, -0.15) is 0 Å². The summed E-state index contributed by atoms with van der Waals surface area (Å²) in [6.07, 6.45) is 0. The normalized spacial score (nSPS) is 10.7. The van der Waals surface area contributed by atoms with Crippen LogP contribution in [0.2, 0.25) is 0 Å². The van der Waals surface area contributed by atoms with E-state index in [1.54, 1.807) is 50.2 Å². The van der Waals surface area contributed by atoms with Crippen LogP contribution in [0.5, 0.6) is 11.5 Å². The SMILES string of the molecule is C#[N+]C(C)(C)Oc1ccc(N([O-])Oc2ccc(C)cc2)cc1. The van der Waals surface area contributed by atoms with Gasteiger partial charge in [0.2, 0.25) is 0 Å². The number of benzene rings is 2. The highest BCUT2D eigenvalue weighted by Crippen LogP contribution is 2.24. The Morgan fingerprint density at radius 1 is 1.00 bits per heavy atom. The molecule has 0 N–H and O–H groups in total. The molecule has 0 aromatic heterocycles. The van der Waals surface area contributed by atoms with Crippen molar-refractivity contribution in [2.45, 2.75) is 26.5 Å². The average molecular weight is 298 g/mol. The standard InChI is InChI=1S/C17H18N2O3/c1-13-5-9-16(10-6-13)22-19(20)14-7-11-15(12-8-14)21-17(2,3)18-4/h4-12H,1-3H3. The first-order chi connectivity index (χ1) is 10.4. The van der Waals surface area contributed by atoms with Gasteiger partial charge in [-0.3, -0.25) is 5.23 Å². The Kier molecular flexibility index (Phi) is 4.54. The molecule has 0 amide bonds. The number of rotatable bonds is 5. The topological polar surface area (TPSA) is 49.1 Å². The highest BCUT2D eigenvalue weighted by Gasteiger charge is 2.29. The van der Waals surface area contributed by atoms with E-state index < -0.39 is 5.72 Å². The molecule has 0 bridgehead atoms. The molecule has 2 aromatic carbocycles. The molecule has 0 saturated heterocycles. The van der Waals surface area contributed by atoms with Crippen molar-refractivity contribution in [1.82, 2.24) is 0 Å². The second kappa shape index (κ2) is 6.37. The van der Waals surface area contributed by atoms with Crippen molar-refractivity contribution in [1.29, 1.82) is 0 Å². The number of hydrogen-bond acceptors (Lipinski definition) is 4. The zero-order chi connectivity index (χ0) is 16.2. The second-order valence-electron chi connectivity index (χ2n) is 5.33. The molecule has 22 heavy (non-hydrogen) atoms. The van der Waals surface area contributed by atoms with E-state index in [-0.39, 0.29) is 0 Å². The van der Waals surface area contributed by atoms with E-state index in [2.05, 4.69) is 4.85 Å². The second-order valence-corrected chi connectivity index (χ2v) is 5.33. The summed E-state index contributed by atoms with van der Waals surface area (Å²) in [6.45, 7) is 10.7. The molecule has 0 spiro atoms. The van der Waals surface area contributed by atoms with Crippen molar-refractivity contribution >= 4 is 5.69 Å². The van der Waals surface area contributed by atoms with Crippen LogP contribution in [0, 0.1) is 18.7 Å². The van der Waals surface area contributed by atoms with Gasteiger partial charge in [0.15, 0.2) is 5.75 Å². The van der Waals surface area contributed by atoms with Crippen LogP contribution in [-0.2, 0) is 0 Å². The number of anilines is 1. The van der Waals surface area contributed by atoms with Gasteiger partial charge >= 0.3 is 5.72 Å². The lowest BCUT2D eigenvalue weighted by Gasteiger charge is -2.29. The third-order valence-corrected chi connectivity index (χ3v) is 2.94. The molecule has 5 nitrogen and oxygen atoms in total. The fourth-order valence-electron chi connectivity index (χ4n) is 1.70. The van der Waals surface area contributed by atoms with Gasteiger partial charge in [0, 0.05) is 0 Å². The Bertz CT molecular complexity index is 658. The Hall–Kier alpha value is -2.71. The van der Waals surface area contributed by atoms with Gasteiger partial charge in [0.25, 0.3) is 6.57 Å². The lowest BCUT2D eigenvalue weighted by molar-refractivity contribution is 0.160. The predicted octanol–water partition coefficient (Wildman–Crippen LogP) is 4.37. The number of aryl methyl sites for hydroxylation is 1. The first-order valence-electron chi connectivity index (χ1n) is 6.83. The fourth-order valence-corrected chi connectivity index (χ4v) is 1.70. The maximum absolute atomic E-state index is 12.0. The molecule has 0 unspecified atom stereocenters. The minimum Gasteiger partial charge on any atom is -0.724 e. The summed E-state index contributed by atoms with van der Waals surface area (Å²) < 4.78 is 5.56. The van der Waals surface area contributed by atoms with Crippen LogP contribution in [0.3, 0.4) is 0 Å². The molecule has 0 atom stereocenters. The summed E-state index contributed by atoms with van der Waals surface area (Å²) in [4.78, 5) is 8.83. The minimum absolute atomic E-state index is 0.357. The number of nitrogens with zero attached hydrogens (tertiary/aromatic N) is 2. The van der Waals surface area contributed by atoms with E-state index in [0.717, 1.165) is 5.56 Å². The summed E-state index contributed by atoms with van der Waals surface area (Å²) in [5.41, 5.74) is 0.631. The van der Waals surface area contributed by atoms with Gasteiger partial charge < -0.3 is 14.8 Å². The summed E-state index contributed by atoms with van der Waals surface area (Å²) in [5, 5.41) is 12.4. The Morgan fingerprint density at radius 2 is 1.55 bits per heavy atom. The maximum Gasteiger partial charge on any atom is 0.416 e. The van der Waals surface area contributed by atoms with E-state index in [1.807, 2.05) is 19.1 Å². The lowest BCUT2D eigenvalue weighted by atomic mass is 10.2. The lowest BCUT2D eigenvalue weighted by Crippen LogP contribution is -2.23. The molecule has 0 aliphatic rings. The van der Waals surface area contributed by atoms with Crippen LogP contribution in [0.15, 0.2) is 48.5 Å². The van der Waals surface area contributed by atoms with Gasteiger partial charge in [-0.15, -0.1) is 0 Å². The summed E-state index contributed by atoms with van der Waals surface area (Å²) >= 11 is 0. The molecule has 2 aromatic rings. The van der Waals surface area contributed by atoms with Crippen molar-refractivity contribution in [3.05, 3.63) is 64.1 Å². The highest BCUT2D eigenvalue weighted by atomic mass is 16.9. The van der Waals surface area contributed by atoms with Crippen LogP contribution >= 0.6 is 0 Å². The van der Waals surface area contributed by atoms with Crippen molar-refractivity contribution in [2.75, 3.05) is 5.23 Å². The maximum atomic E-state index is 12.0. The zero-order valence-electron chi connectivity index (χ0n) is 12.8. The molecule has 2 rings (SSSR count). The zero-order valence-corrected chi connectivity index (χ0v) is 12.8. The highest BCUT2D eigenvalue weighted by molar-refractivity contribution is 5.48.